The molecule has 4 aromatic rings. The SMILES string of the molecule is C=O.COC(=O)c1cc2occc2[nH]1.O=C1OC(=O)n2c1cc1occc12. The lowest BCUT2D eigenvalue weighted by Gasteiger charge is -1.91. The average molecular weight is 372 g/mol. The van der Waals surface area contributed by atoms with Gasteiger partial charge in [-0.2, -0.15) is 0 Å². The molecule has 1 aliphatic rings. The standard InChI is InChI=1S/C8H3NO4.C8H7NO3.CH2O/c10-7-5-3-6-4(1-2-12-6)9(5)8(11)13-7;1-11-8(10)6-4-7-5(9-6)2-3-12-7;1-2/h1-3H;2-4,9H,1H3;1H2. The minimum Gasteiger partial charge on any atom is -0.464 e. The van der Waals surface area contributed by atoms with E-state index < -0.39 is 12.1 Å². The summed E-state index contributed by atoms with van der Waals surface area (Å²) < 4.78 is 20.2. The first-order valence-electron chi connectivity index (χ1n) is 7.37. The number of nitrogens with zero attached hydrogens (tertiary/aromatic N) is 1. The summed E-state index contributed by atoms with van der Waals surface area (Å²) in [6.45, 7) is 2.00. The fourth-order valence-electron chi connectivity index (χ4n) is 2.52. The van der Waals surface area contributed by atoms with Crippen LogP contribution in [0.1, 0.15) is 21.0 Å². The summed E-state index contributed by atoms with van der Waals surface area (Å²) in [6.07, 6.45) is 2.34. The molecule has 0 atom stereocenters. The number of H-pyrrole nitrogens is 1. The lowest BCUT2D eigenvalue weighted by molar-refractivity contribution is -0.0980. The molecule has 4 aromatic heterocycles. The summed E-state index contributed by atoms with van der Waals surface area (Å²) in [7, 11) is 1.34. The van der Waals surface area contributed by atoms with Gasteiger partial charge in [-0.1, -0.05) is 0 Å². The molecule has 0 aromatic carbocycles. The van der Waals surface area contributed by atoms with Crippen molar-refractivity contribution < 1.29 is 37.5 Å². The number of methoxy groups -OCH3 is 1. The third-order valence-electron chi connectivity index (χ3n) is 3.64. The molecule has 0 saturated heterocycles. The molecule has 0 radical (unpaired) electrons. The van der Waals surface area contributed by atoms with Gasteiger partial charge < -0.3 is 28.1 Å². The number of rotatable bonds is 1. The van der Waals surface area contributed by atoms with Crippen LogP contribution in [0.25, 0.3) is 22.2 Å². The molecule has 0 bridgehead atoms. The van der Waals surface area contributed by atoms with Crippen molar-refractivity contribution in [2.45, 2.75) is 0 Å². The van der Waals surface area contributed by atoms with Crippen LogP contribution in [0.3, 0.4) is 0 Å². The fraction of sp³-hybridized carbons (Fsp3) is 0.0588. The average Bonchev–Trinajstić information content (AvgIpc) is 3.43. The maximum Gasteiger partial charge on any atom is 0.427 e. The number of esters is 2. The number of hydrogen-bond acceptors (Lipinski definition) is 8. The van der Waals surface area contributed by atoms with E-state index in [1.54, 1.807) is 24.5 Å². The van der Waals surface area contributed by atoms with Crippen LogP contribution in [-0.2, 0) is 14.3 Å². The van der Waals surface area contributed by atoms with Gasteiger partial charge in [0.2, 0.25) is 0 Å². The van der Waals surface area contributed by atoms with Gasteiger partial charge in [-0.25, -0.2) is 19.0 Å². The Labute approximate surface area is 150 Å². The molecule has 0 spiro atoms. The van der Waals surface area contributed by atoms with E-state index in [0.29, 0.717) is 22.4 Å². The molecule has 0 unspecified atom stereocenters. The summed E-state index contributed by atoms with van der Waals surface area (Å²) in [6, 6.07) is 6.46. The zero-order valence-corrected chi connectivity index (χ0v) is 13.9. The van der Waals surface area contributed by atoms with E-state index in [1.165, 1.54) is 24.0 Å². The molecule has 1 N–H and O–H groups in total. The smallest absolute Gasteiger partial charge is 0.427 e. The molecular weight excluding hydrogens is 360 g/mol. The Balaban J connectivity index is 0.000000143. The predicted octanol–water partition coefficient (Wildman–Crippen LogP) is 2.74. The molecule has 27 heavy (non-hydrogen) atoms. The largest absolute Gasteiger partial charge is 0.464 e. The van der Waals surface area contributed by atoms with Gasteiger partial charge in [0, 0.05) is 24.3 Å². The van der Waals surface area contributed by atoms with Crippen LogP contribution >= 0.6 is 0 Å². The predicted molar refractivity (Wildman–Crippen MR) is 89.4 cm³/mol. The molecule has 10 nitrogen and oxygen atoms in total. The molecule has 5 heterocycles. The third-order valence-corrected chi connectivity index (χ3v) is 3.64. The van der Waals surface area contributed by atoms with E-state index in [2.05, 4.69) is 14.5 Å². The highest BCUT2D eigenvalue weighted by atomic mass is 16.6. The number of nitrogens with one attached hydrogen (secondary N) is 1. The Bertz CT molecular complexity index is 1110. The topological polar surface area (TPSA) is 134 Å². The van der Waals surface area contributed by atoms with Crippen molar-refractivity contribution >= 4 is 47.0 Å². The molecule has 1 aliphatic heterocycles. The molecule has 0 saturated carbocycles. The van der Waals surface area contributed by atoms with E-state index in [-0.39, 0.29) is 11.7 Å². The van der Waals surface area contributed by atoms with Crippen LogP contribution in [0.5, 0.6) is 0 Å². The van der Waals surface area contributed by atoms with E-state index >= 15 is 0 Å². The Hall–Kier alpha value is -4.08. The number of carbonyl (C=O) groups excluding carboxylic acids is 4. The van der Waals surface area contributed by atoms with E-state index in [4.69, 9.17) is 13.6 Å². The number of furan rings is 2. The molecule has 5 rings (SSSR count). The van der Waals surface area contributed by atoms with Crippen molar-refractivity contribution in [3.63, 3.8) is 0 Å². The van der Waals surface area contributed by atoms with Gasteiger partial charge in [0.05, 0.1) is 30.7 Å². The highest BCUT2D eigenvalue weighted by Crippen LogP contribution is 2.25. The van der Waals surface area contributed by atoms with E-state index in [0.717, 1.165) is 5.52 Å². The highest BCUT2D eigenvalue weighted by molar-refractivity contribution is 6.09. The molecule has 0 fully saturated rings. The van der Waals surface area contributed by atoms with E-state index in [9.17, 15) is 14.4 Å². The van der Waals surface area contributed by atoms with Crippen molar-refractivity contribution in [3.8, 4) is 0 Å². The Morgan fingerprint density at radius 3 is 2.52 bits per heavy atom. The normalized spacial score (nSPS) is 12.0. The van der Waals surface area contributed by atoms with Crippen molar-refractivity contribution in [1.29, 1.82) is 0 Å². The first-order valence-corrected chi connectivity index (χ1v) is 7.37. The minimum atomic E-state index is -0.670. The first kappa shape index (κ1) is 17.7. The molecule has 0 aliphatic carbocycles. The number of aromatic nitrogens is 2. The van der Waals surface area contributed by atoms with Crippen molar-refractivity contribution in [3.05, 3.63) is 48.2 Å². The second kappa shape index (κ2) is 7.04. The maximum absolute atomic E-state index is 11.1. The highest BCUT2D eigenvalue weighted by Gasteiger charge is 2.32. The zero-order chi connectivity index (χ0) is 19.6. The third kappa shape index (κ3) is 2.99. The molecule has 10 heteroatoms. The van der Waals surface area contributed by atoms with Crippen molar-refractivity contribution in [2.75, 3.05) is 7.11 Å². The van der Waals surface area contributed by atoms with Crippen molar-refractivity contribution in [2.24, 2.45) is 0 Å². The van der Waals surface area contributed by atoms with Gasteiger partial charge in [-0.05, 0) is 0 Å². The van der Waals surface area contributed by atoms with Gasteiger partial charge in [0.15, 0.2) is 11.2 Å². The maximum atomic E-state index is 11.1. The Morgan fingerprint density at radius 1 is 1.11 bits per heavy atom. The summed E-state index contributed by atoms with van der Waals surface area (Å²) in [5.41, 5.74) is 3.17. The monoisotopic (exact) mass is 372 g/mol. The molecule has 138 valence electrons. The van der Waals surface area contributed by atoms with E-state index in [1.807, 2.05) is 6.79 Å². The Morgan fingerprint density at radius 2 is 1.81 bits per heavy atom. The number of carbonyl (C=O) groups is 4. The van der Waals surface area contributed by atoms with Gasteiger partial charge in [-0.3, -0.25) is 0 Å². The quantitative estimate of drug-likeness (QED) is 0.398. The van der Waals surface area contributed by atoms with Gasteiger partial charge >= 0.3 is 18.0 Å². The summed E-state index contributed by atoms with van der Waals surface area (Å²) >= 11 is 0. The van der Waals surface area contributed by atoms with Crippen LogP contribution in [0.4, 0.5) is 4.79 Å². The molecule has 0 amide bonds. The second-order valence-corrected chi connectivity index (χ2v) is 5.06. The lowest BCUT2D eigenvalue weighted by atomic mass is 10.4. The zero-order valence-electron chi connectivity index (χ0n) is 13.9. The minimum absolute atomic E-state index is 0.222. The summed E-state index contributed by atoms with van der Waals surface area (Å²) in [4.78, 5) is 44.0. The number of aromatic amines is 1. The van der Waals surface area contributed by atoms with Crippen LogP contribution in [0.15, 0.2) is 45.6 Å². The van der Waals surface area contributed by atoms with Crippen LogP contribution in [0.2, 0.25) is 0 Å². The Kier molecular flexibility index (Phi) is 4.62. The van der Waals surface area contributed by atoms with Crippen LogP contribution in [-0.4, -0.2) is 41.5 Å². The number of cyclic esters (lactones) is 2. The molecular formula is C17H12N2O8. The number of ether oxygens (including phenoxy) is 2. The van der Waals surface area contributed by atoms with Crippen LogP contribution in [0, 0.1) is 0 Å². The van der Waals surface area contributed by atoms with Gasteiger partial charge in [0.25, 0.3) is 0 Å². The second-order valence-electron chi connectivity index (χ2n) is 5.06. The van der Waals surface area contributed by atoms with Crippen molar-refractivity contribution in [1.82, 2.24) is 9.55 Å². The first-order chi connectivity index (χ1) is 13.1. The van der Waals surface area contributed by atoms with Gasteiger partial charge in [0.1, 0.15) is 18.2 Å². The van der Waals surface area contributed by atoms with Crippen LogP contribution < -0.4 is 0 Å². The number of fused-ring (bicyclic) bond motifs is 4. The lowest BCUT2D eigenvalue weighted by Crippen LogP contribution is -2.03. The fourth-order valence-corrected chi connectivity index (χ4v) is 2.52. The number of hydrogen-bond donors (Lipinski definition) is 1. The summed E-state index contributed by atoms with van der Waals surface area (Å²) in [5, 5.41) is 0. The summed E-state index contributed by atoms with van der Waals surface area (Å²) in [5.74, 6) is -1.02. The van der Waals surface area contributed by atoms with Gasteiger partial charge in [-0.15, -0.1) is 0 Å².